The molecule has 7 nitrogen and oxygen atoms in total. The Balaban J connectivity index is 1.43. The molecule has 0 unspecified atom stereocenters. The largest absolute Gasteiger partial charge is 0.448 e. The van der Waals surface area contributed by atoms with Crippen molar-refractivity contribution < 1.29 is 14.3 Å². The van der Waals surface area contributed by atoms with Crippen molar-refractivity contribution in [3.63, 3.8) is 0 Å². The normalized spacial score (nSPS) is 19.4. The highest BCUT2D eigenvalue weighted by molar-refractivity contribution is 5.97. The lowest BCUT2D eigenvalue weighted by atomic mass is 10.0. The number of piperidine rings is 1. The number of amides is 2. The molecule has 0 radical (unpaired) electrons. The standard InChI is InChI=1S/C16H18N4O3/c21-15(11-1-2-13-14(9-11)18-10-17-13)19-5-3-12(4-6-19)20-7-8-23-16(20)22/h1-2,9-10,12H,3-8H2,(H,17,18). The number of hydrogen-bond donors (Lipinski definition) is 1. The molecule has 1 aromatic carbocycles. The topological polar surface area (TPSA) is 78.5 Å². The monoisotopic (exact) mass is 314 g/mol. The number of rotatable bonds is 2. The third kappa shape index (κ3) is 2.52. The Morgan fingerprint density at radius 1 is 1.26 bits per heavy atom. The van der Waals surface area contributed by atoms with E-state index in [-0.39, 0.29) is 18.0 Å². The lowest BCUT2D eigenvalue weighted by molar-refractivity contribution is 0.0658. The summed E-state index contributed by atoms with van der Waals surface area (Å²) in [4.78, 5) is 35.1. The number of imidazole rings is 1. The van der Waals surface area contributed by atoms with Crippen LogP contribution in [0.2, 0.25) is 0 Å². The van der Waals surface area contributed by atoms with E-state index in [0.717, 1.165) is 23.9 Å². The van der Waals surface area contributed by atoms with Crippen molar-refractivity contribution in [1.29, 1.82) is 0 Å². The summed E-state index contributed by atoms with van der Waals surface area (Å²) in [6, 6.07) is 5.69. The van der Waals surface area contributed by atoms with Crippen LogP contribution in [0.25, 0.3) is 11.0 Å². The molecular weight excluding hydrogens is 296 g/mol. The Morgan fingerprint density at radius 2 is 2.09 bits per heavy atom. The number of ether oxygens (including phenoxy) is 1. The van der Waals surface area contributed by atoms with E-state index >= 15 is 0 Å². The van der Waals surface area contributed by atoms with Crippen molar-refractivity contribution in [2.75, 3.05) is 26.2 Å². The maximum atomic E-state index is 12.6. The molecule has 3 heterocycles. The van der Waals surface area contributed by atoms with E-state index in [1.165, 1.54) is 0 Å². The smallest absolute Gasteiger partial charge is 0.410 e. The number of carbonyl (C=O) groups is 2. The maximum Gasteiger partial charge on any atom is 0.410 e. The first kappa shape index (κ1) is 14.0. The Kier molecular flexibility index (Phi) is 3.40. The summed E-state index contributed by atoms with van der Waals surface area (Å²) in [5, 5.41) is 0. The zero-order valence-electron chi connectivity index (χ0n) is 12.7. The molecule has 4 rings (SSSR count). The predicted octanol–water partition coefficient (Wildman–Crippen LogP) is 1.62. The van der Waals surface area contributed by atoms with E-state index in [0.29, 0.717) is 31.8 Å². The van der Waals surface area contributed by atoms with Crippen LogP contribution in [-0.4, -0.2) is 64.1 Å². The van der Waals surface area contributed by atoms with Crippen LogP contribution in [0.5, 0.6) is 0 Å². The fourth-order valence-electron chi connectivity index (χ4n) is 3.37. The zero-order chi connectivity index (χ0) is 15.8. The SMILES string of the molecule is O=C(c1ccc2nc[nH]c2c1)N1CCC(N2CCOC2=O)CC1. The van der Waals surface area contributed by atoms with Crippen LogP contribution in [-0.2, 0) is 4.74 Å². The number of aromatic amines is 1. The summed E-state index contributed by atoms with van der Waals surface area (Å²) in [6.45, 7) is 2.46. The molecule has 1 N–H and O–H groups in total. The van der Waals surface area contributed by atoms with Gasteiger partial charge in [-0.1, -0.05) is 0 Å². The quantitative estimate of drug-likeness (QED) is 0.913. The van der Waals surface area contributed by atoms with E-state index in [4.69, 9.17) is 4.74 Å². The minimum atomic E-state index is -0.223. The van der Waals surface area contributed by atoms with Crippen molar-refractivity contribution in [1.82, 2.24) is 19.8 Å². The molecule has 23 heavy (non-hydrogen) atoms. The van der Waals surface area contributed by atoms with E-state index in [1.807, 2.05) is 23.1 Å². The van der Waals surface area contributed by atoms with Gasteiger partial charge in [-0.25, -0.2) is 9.78 Å². The Hall–Kier alpha value is -2.57. The van der Waals surface area contributed by atoms with Gasteiger partial charge in [0.2, 0.25) is 0 Å². The molecule has 2 aliphatic heterocycles. The number of H-pyrrole nitrogens is 1. The first-order chi connectivity index (χ1) is 11.2. The van der Waals surface area contributed by atoms with Crippen LogP contribution in [0.15, 0.2) is 24.5 Å². The zero-order valence-corrected chi connectivity index (χ0v) is 12.7. The molecule has 0 spiro atoms. The molecular formula is C16H18N4O3. The van der Waals surface area contributed by atoms with Gasteiger partial charge in [0.1, 0.15) is 6.61 Å². The molecule has 2 aliphatic rings. The highest BCUT2D eigenvalue weighted by atomic mass is 16.6. The average Bonchev–Trinajstić information content (AvgIpc) is 3.22. The highest BCUT2D eigenvalue weighted by Gasteiger charge is 2.33. The summed E-state index contributed by atoms with van der Waals surface area (Å²) in [6.07, 6.45) is 3.00. The van der Waals surface area contributed by atoms with Crippen molar-refractivity contribution in [2.24, 2.45) is 0 Å². The Morgan fingerprint density at radius 3 is 2.83 bits per heavy atom. The minimum absolute atomic E-state index is 0.0314. The molecule has 0 atom stereocenters. The molecule has 1 aromatic heterocycles. The van der Waals surface area contributed by atoms with Gasteiger partial charge in [-0.15, -0.1) is 0 Å². The number of aromatic nitrogens is 2. The maximum absolute atomic E-state index is 12.6. The third-order valence-electron chi connectivity index (χ3n) is 4.65. The van der Waals surface area contributed by atoms with Gasteiger partial charge in [0.05, 0.1) is 23.9 Å². The summed E-state index contributed by atoms with van der Waals surface area (Å²) in [7, 11) is 0. The molecule has 120 valence electrons. The Bertz CT molecular complexity index is 749. The molecule has 2 amide bonds. The molecule has 7 heteroatoms. The van der Waals surface area contributed by atoms with Crippen molar-refractivity contribution in [3.05, 3.63) is 30.1 Å². The van der Waals surface area contributed by atoms with Crippen LogP contribution >= 0.6 is 0 Å². The van der Waals surface area contributed by atoms with Crippen LogP contribution in [0, 0.1) is 0 Å². The van der Waals surface area contributed by atoms with Gasteiger partial charge in [-0.05, 0) is 31.0 Å². The highest BCUT2D eigenvalue weighted by Crippen LogP contribution is 2.22. The first-order valence-corrected chi connectivity index (χ1v) is 7.88. The van der Waals surface area contributed by atoms with Gasteiger partial charge in [0.25, 0.3) is 5.91 Å². The summed E-state index contributed by atoms with van der Waals surface area (Å²) >= 11 is 0. The molecule has 0 saturated carbocycles. The van der Waals surface area contributed by atoms with Crippen molar-refractivity contribution in [3.8, 4) is 0 Å². The fourth-order valence-corrected chi connectivity index (χ4v) is 3.37. The van der Waals surface area contributed by atoms with Crippen LogP contribution in [0.4, 0.5) is 4.79 Å². The van der Waals surface area contributed by atoms with Gasteiger partial charge in [-0.2, -0.15) is 0 Å². The van der Waals surface area contributed by atoms with Gasteiger partial charge in [0, 0.05) is 24.7 Å². The number of likely N-dealkylation sites (tertiary alicyclic amines) is 1. The van der Waals surface area contributed by atoms with Crippen LogP contribution < -0.4 is 0 Å². The molecule has 2 saturated heterocycles. The number of carbonyl (C=O) groups excluding carboxylic acids is 2. The number of nitrogens with one attached hydrogen (secondary N) is 1. The van der Waals surface area contributed by atoms with Gasteiger partial charge in [-0.3, -0.25) is 4.79 Å². The van der Waals surface area contributed by atoms with Crippen LogP contribution in [0.1, 0.15) is 23.2 Å². The van der Waals surface area contributed by atoms with E-state index < -0.39 is 0 Å². The lowest BCUT2D eigenvalue weighted by Crippen LogP contribution is -2.47. The predicted molar refractivity (Wildman–Crippen MR) is 83.1 cm³/mol. The molecule has 0 aliphatic carbocycles. The van der Waals surface area contributed by atoms with Gasteiger partial charge in [0.15, 0.2) is 0 Å². The second-order valence-corrected chi connectivity index (χ2v) is 5.97. The number of benzene rings is 1. The van der Waals surface area contributed by atoms with Crippen molar-refractivity contribution in [2.45, 2.75) is 18.9 Å². The van der Waals surface area contributed by atoms with E-state index in [9.17, 15) is 9.59 Å². The van der Waals surface area contributed by atoms with Gasteiger partial charge < -0.3 is 19.5 Å². The lowest BCUT2D eigenvalue weighted by Gasteiger charge is -2.35. The number of fused-ring (bicyclic) bond motifs is 1. The molecule has 2 aromatic rings. The van der Waals surface area contributed by atoms with E-state index in [1.54, 1.807) is 11.2 Å². The number of nitrogens with zero attached hydrogens (tertiary/aromatic N) is 3. The average molecular weight is 314 g/mol. The fraction of sp³-hybridized carbons (Fsp3) is 0.438. The van der Waals surface area contributed by atoms with Crippen LogP contribution in [0.3, 0.4) is 0 Å². The summed E-state index contributed by atoms with van der Waals surface area (Å²) < 4.78 is 4.99. The molecule has 0 bridgehead atoms. The van der Waals surface area contributed by atoms with Gasteiger partial charge >= 0.3 is 6.09 Å². The van der Waals surface area contributed by atoms with Crippen molar-refractivity contribution >= 4 is 23.0 Å². The molecule has 2 fully saturated rings. The van der Waals surface area contributed by atoms with E-state index in [2.05, 4.69) is 9.97 Å². The minimum Gasteiger partial charge on any atom is -0.448 e. The third-order valence-corrected chi connectivity index (χ3v) is 4.65. The second kappa shape index (κ2) is 5.57. The Labute approximate surface area is 133 Å². The summed E-state index contributed by atoms with van der Waals surface area (Å²) in [5.74, 6) is 0.0314. The second-order valence-electron chi connectivity index (χ2n) is 5.97. The number of hydrogen-bond acceptors (Lipinski definition) is 4. The summed E-state index contributed by atoms with van der Waals surface area (Å²) in [5.41, 5.74) is 2.39. The number of cyclic esters (lactones) is 1. The first-order valence-electron chi connectivity index (χ1n) is 7.88.